The van der Waals surface area contributed by atoms with Gasteiger partial charge in [-0.25, -0.2) is 13.4 Å². The molecular formula is C12H11Cl2N3O2S. The summed E-state index contributed by atoms with van der Waals surface area (Å²) in [6.45, 7) is 0. The summed E-state index contributed by atoms with van der Waals surface area (Å²) in [4.78, 5) is 3.92. The first kappa shape index (κ1) is 14.9. The summed E-state index contributed by atoms with van der Waals surface area (Å²) in [5.41, 5.74) is 0.406. The van der Waals surface area contributed by atoms with Crippen molar-refractivity contribution in [3.63, 3.8) is 0 Å². The van der Waals surface area contributed by atoms with Gasteiger partial charge in [-0.05, 0) is 30.3 Å². The van der Waals surface area contributed by atoms with Crippen molar-refractivity contribution >= 4 is 44.7 Å². The summed E-state index contributed by atoms with van der Waals surface area (Å²) in [5, 5.41) is 3.51. The molecule has 0 saturated heterocycles. The van der Waals surface area contributed by atoms with Crippen LogP contribution in [0.2, 0.25) is 10.0 Å². The average molecular weight is 332 g/mol. The Morgan fingerprint density at radius 2 is 1.80 bits per heavy atom. The Hall–Kier alpha value is -1.50. The molecule has 1 aromatic heterocycles. The molecule has 1 heterocycles. The molecule has 0 radical (unpaired) electrons. The predicted molar refractivity (Wildman–Crippen MR) is 81.1 cm³/mol. The van der Waals surface area contributed by atoms with E-state index in [0.29, 0.717) is 16.5 Å². The Kier molecular flexibility index (Phi) is 4.37. The van der Waals surface area contributed by atoms with Crippen LogP contribution in [0, 0.1) is 0 Å². The van der Waals surface area contributed by atoms with E-state index in [1.54, 1.807) is 31.3 Å². The lowest BCUT2D eigenvalue weighted by Crippen LogP contribution is -2.13. The summed E-state index contributed by atoms with van der Waals surface area (Å²) in [6.07, 6.45) is 1.23. The first-order valence-electron chi connectivity index (χ1n) is 5.54. The topological polar surface area (TPSA) is 71.1 Å². The first-order valence-corrected chi connectivity index (χ1v) is 7.78. The lowest BCUT2D eigenvalue weighted by Gasteiger charge is -2.09. The van der Waals surface area contributed by atoms with Crippen molar-refractivity contribution < 1.29 is 8.42 Å². The second-order valence-corrected chi connectivity index (χ2v) is 6.39. The Balaban J connectivity index is 2.30. The summed E-state index contributed by atoms with van der Waals surface area (Å²) in [5.74, 6) is 0.414. The molecule has 2 N–H and O–H groups in total. The fourth-order valence-electron chi connectivity index (χ4n) is 1.48. The maximum absolute atomic E-state index is 12.2. The Morgan fingerprint density at radius 1 is 1.15 bits per heavy atom. The van der Waals surface area contributed by atoms with E-state index in [2.05, 4.69) is 15.0 Å². The van der Waals surface area contributed by atoms with Gasteiger partial charge in [-0.15, -0.1) is 0 Å². The highest BCUT2D eigenvalue weighted by Gasteiger charge is 2.16. The van der Waals surface area contributed by atoms with Crippen LogP contribution in [-0.4, -0.2) is 20.4 Å². The summed E-state index contributed by atoms with van der Waals surface area (Å²) in [7, 11) is -2.09. The van der Waals surface area contributed by atoms with E-state index in [-0.39, 0.29) is 9.92 Å². The lowest BCUT2D eigenvalue weighted by molar-refractivity contribution is 0.601. The van der Waals surface area contributed by atoms with E-state index in [1.165, 1.54) is 12.3 Å². The van der Waals surface area contributed by atoms with Gasteiger partial charge in [-0.3, -0.25) is 4.72 Å². The van der Waals surface area contributed by atoms with Crippen molar-refractivity contribution in [3.8, 4) is 0 Å². The fraction of sp³-hybridized carbons (Fsp3) is 0.0833. The number of anilines is 2. The highest BCUT2D eigenvalue weighted by molar-refractivity contribution is 7.92. The van der Waals surface area contributed by atoms with Gasteiger partial charge in [0.05, 0.1) is 5.02 Å². The number of hydrogen-bond donors (Lipinski definition) is 2. The fourth-order valence-corrected chi connectivity index (χ4v) is 2.96. The van der Waals surface area contributed by atoms with E-state index in [4.69, 9.17) is 23.2 Å². The van der Waals surface area contributed by atoms with Gasteiger partial charge in [0.15, 0.2) is 0 Å². The molecule has 0 aliphatic heterocycles. The van der Waals surface area contributed by atoms with Crippen molar-refractivity contribution in [2.45, 2.75) is 4.90 Å². The number of nitrogens with zero attached hydrogens (tertiary/aromatic N) is 1. The molecule has 0 aliphatic rings. The molecule has 2 aromatic rings. The van der Waals surface area contributed by atoms with E-state index < -0.39 is 10.0 Å². The first-order chi connectivity index (χ1) is 9.42. The van der Waals surface area contributed by atoms with E-state index in [9.17, 15) is 8.42 Å². The molecule has 0 bridgehead atoms. The van der Waals surface area contributed by atoms with Gasteiger partial charge in [0.1, 0.15) is 10.7 Å². The molecule has 8 heteroatoms. The summed E-state index contributed by atoms with van der Waals surface area (Å²) in [6, 6.07) is 7.65. The van der Waals surface area contributed by atoms with Crippen molar-refractivity contribution in [1.82, 2.24) is 4.98 Å². The number of nitrogens with one attached hydrogen (secondary N) is 2. The van der Waals surface area contributed by atoms with Crippen molar-refractivity contribution in [3.05, 3.63) is 46.6 Å². The Labute approximate surface area is 127 Å². The predicted octanol–water partition coefficient (Wildman–Crippen LogP) is 3.23. The third kappa shape index (κ3) is 3.33. The molecule has 106 valence electrons. The normalized spacial score (nSPS) is 11.2. The van der Waals surface area contributed by atoms with Crippen LogP contribution >= 0.6 is 23.2 Å². The molecule has 20 heavy (non-hydrogen) atoms. The smallest absolute Gasteiger partial charge is 0.263 e. The number of sulfonamides is 1. The molecule has 5 nitrogen and oxygen atoms in total. The molecule has 0 aliphatic carbocycles. The number of hydrogen-bond acceptors (Lipinski definition) is 4. The molecule has 0 atom stereocenters. The number of aromatic nitrogens is 1. The highest BCUT2D eigenvalue weighted by atomic mass is 35.5. The maximum atomic E-state index is 12.2. The van der Waals surface area contributed by atoms with Gasteiger partial charge < -0.3 is 5.32 Å². The molecule has 2 rings (SSSR count). The van der Waals surface area contributed by atoms with Gasteiger partial charge >= 0.3 is 0 Å². The van der Waals surface area contributed by atoms with Gasteiger partial charge in [0, 0.05) is 24.0 Å². The minimum absolute atomic E-state index is 0.0172. The minimum Gasteiger partial charge on any atom is -0.372 e. The van der Waals surface area contributed by atoms with Crippen LogP contribution in [0.15, 0.2) is 41.4 Å². The van der Waals surface area contributed by atoms with Crippen LogP contribution in [0.1, 0.15) is 0 Å². The third-order valence-electron chi connectivity index (χ3n) is 2.46. The van der Waals surface area contributed by atoms with Gasteiger partial charge in [0.2, 0.25) is 0 Å². The van der Waals surface area contributed by atoms with E-state index in [0.717, 1.165) is 0 Å². The van der Waals surface area contributed by atoms with E-state index in [1.807, 2.05) is 0 Å². The molecule has 0 fully saturated rings. The second kappa shape index (κ2) is 5.87. The second-order valence-electron chi connectivity index (χ2n) is 3.86. The average Bonchev–Trinajstić information content (AvgIpc) is 2.41. The quantitative estimate of drug-likeness (QED) is 0.902. The Bertz CT molecular complexity index is 718. The van der Waals surface area contributed by atoms with Crippen LogP contribution in [0.5, 0.6) is 0 Å². The monoisotopic (exact) mass is 331 g/mol. The van der Waals surface area contributed by atoms with Crippen LogP contribution in [-0.2, 0) is 10.0 Å². The van der Waals surface area contributed by atoms with Crippen LogP contribution in [0.4, 0.5) is 11.5 Å². The van der Waals surface area contributed by atoms with Gasteiger partial charge in [-0.2, -0.15) is 0 Å². The number of rotatable bonds is 4. The van der Waals surface area contributed by atoms with Crippen LogP contribution < -0.4 is 10.0 Å². The van der Waals surface area contributed by atoms with Crippen LogP contribution in [0.3, 0.4) is 0 Å². The van der Waals surface area contributed by atoms with Gasteiger partial charge in [0.25, 0.3) is 10.0 Å². The SMILES string of the molecule is CNc1ncc(S(=O)(=O)Nc2ccc(Cl)cc2)cc1Cl. The number of halogens is 2. The molecule has 0 unspecified atom stereocenters. The molecule has 0 amide bonds. The van der Waals surface area contributed by atoms with Gasteiger partial charge in [-0.1, -0.05) is 23.2 Å². The highest BCUT2D eigenvalue weighted by Crippen LogP contribution is 2.24. The standard InChI is InChI=1S/C12H11Cl2N3O2S/c1-15-12-11(14)6-10(7-16-12)20(18,19)17-9-4-2-8(13)3-5-9/h2-7,17H,1H3,(H,15,16). The largest absolute Gasteiger partial charge is 0.372 e. The summed E-state index contributed by atoms with van der Waals surface area (Å²) < 4.78 is 26.8. The van der Waals surface area contributed by atoms with E-state index >= 15 is 0 Å². The molecule has 0 spiro atoms. The van der Waals surface area contributed by atoms with Crippen molar-refractivity contribution in [2.75, 3.05) is 17.1 Å². The van der Waals surface area contributed by atoms with Crippen molar-refractivity contribution in [2.24, 2.45) is 0 Å². The zero-order chi connectivity index (χ0) is 14.8. The maximum Gasteiger partial charge on any atom is 0.263 e. The lowest BCUT2D eigenvalue weighted by atomic mass is 10.3. The Morgan fingerprint density at radius 3 is 2.35 bits per heavy atom. The van der Waals surface area contributed by atoms with Crippen LogP contribution in [0.25, 0.3) is 0 Å². The molecule has 1 aromatic carbocycles. The number of pyridine rings is 1. The molecule has 0 saturated carbocycles. The zero-order valence-electron chi connectivity index (χ0n) is 10.4. The third-order valence-corrected chi connectivity index (χ3v) is 4.35. The summed E-state index contributed by atoms with van der Waals surface area (Å²) >= 11 is 11.7. The minimum atomic E-state index is -3.74. The molecular weight excluding hydrogens is 321 g/mol. The number of benzene rings is 1. The van der Waals surface area contributed by atoms with Crippen molar-refractivity contribution in [1.29, 1.82) is 0 Å². The zero-order valence-corrected chi connectivity index (χ0v) is 12.7.